The molecule has 0 amide bonds. The summed E-state index contributed by atoms with van der Waals surface area (Å²) in [6.45, 7) is 2.91. The molecule has 2 nitrogen and oxygen atoms in total. The van der Waals surface area contributed by atoms with E-state index in [1.807, 2.05) is 60.7 Å². The quantitative estimate of drug-likeness (QED) is 0.206. The lowest BCUT2D eigenvalue weighted by atomic mass is 10.0. The first-order chi connectivity index (χ1) is 15.3. The Morgan fingerprint density at radius 2 is 0.903 bits per heavy atom. The normalized spacial score (nSPS) is 11.7. The molecule has 0 fully saturated rings. The summed E-state index contributed by atoms with van der Waals surface area (Å²) in [4.78, 5) is 11.5. The second-order valence-corrected chi connectivity index (χ2v) is 11.6. The summed E-state index contributed by atoms with van der Waals surface area (Å²) in [5, 5.41) is 1.85. The molecule has 0 saturated carbocycles. The van der Waals surface area contributed by atoms with E-state index < -0.39 is 8.56 Å². The molecule has 0 aliphatic carbocycles. The van der Waals surface area contributed by atoms with Gasteiger partial charge in [-0.2, -0.15) is 0 Å². The van der Waals surface area contributed by atoms with Crippen molar-refractivity contribution < 1.29 is 9.22 Å². The molecule has 0 radical (unpaired) electrons. The maximum Gasteiger partial charge on any atom is 0.404 e. The SMILES string of the molecule is CCCCCCCCCCCCCCCCO[Si](O)(c1ccccc1)c1ccccc1. The molecular weight excluding hydrogens is 396 g/mol. The number of benzene rings is 2. The molecule has 0 saturated heterocycles. The molecule has 31 heavy (non-hydrogen) atoms. The van der Waals surface area contributed by atoms with Crippen LogP contribution in [0.1, 0.15) is 96.8 Å². The standard InChI is InChI=1S/C28H44O2Si/c1-2-3-4-5-6-7-8-9-10-11-12-13-14-21-26-30-31(29,27-22-17-15-18-23-27)28-24-19-16-20-25-28/h15-20,22-25,29H,2-14,21,26H2,1H3. The van der Waals surface area contributed by atoms with E-state index in [1.165, 1.54) is 83.5 Å². The monoisotopic (exact) mass is 440 g/mol. The molecule has 2 rings (SSSR count). The van der Waals surface area contributed by atoms with Gasteiger partial charge in [-0.05, 0) is 16.8 Å². The fraction of sp³-hybridized carbons (Fsp3) is 0.571. The van der Waals surface area contributed by atoms with Crippen molar-refractivity contribution in [1.82, 2.24) is 0 Å². The average molecular weight is 441 g/mol. The van der Waals surface area contributed by atoms with Gasteiger partial charge in [-0.15, -0.1) is 0 Å². The van der Waals surface area contributed by atoms with Gasteiger partial charge >= 0.3 is 8.56 Å². The van der Waals surface area contributed by atoms with Crippen LogP contribution in [0.3, 0.4) is 0 Å². The first-order valence-electron chi connectivity index (χ1n) is 12.7. The minimum atomic E-state index is -3.11. The van der Waals surface area contributed by atoms with Crippen LogP contribution < -0.4 is 10.4 Å². The van der Waals surface area contributed by atoms with E-state index in [-0.39, 0.29) is 0 Å². The molecule has 172 valence electrons. The minimum absolute atomic E-state index is 0.630. The molecule has 0 heterocycles. The lowest BCUT2D eigenvalue weighted by molar-refractivity contribution is 0.246. The third-order valence-electron chi connectivity index (χ3n) is 6.14. The lowest BCUT2D eigenvalue weighted by Gasteiger charge is -2.25. The van der Waals surface area contributed by atoms with Crippen molar-refractivity contribution in [2.24, 2.45) is 0 Å². The van der Waals surface area contributed by atoms with Crippen molar-refractivity contribution in [3.05, 3.63) is 60.7 Å². The van der Waals surface area contributed by atoms with E-state index in [1.54, 1.807) is 0 Å². The first kappa shape index (κ1) is 25.8. The third kappa shape index (κ3) is 10.2. The van der Waals surface area contributed by atoms with Crippen LogP contribution in [0.4, 0.5) is 0 Å². The van der Waals surface area contributed by atoms with Gasteiger partial charge in [-0.1, -0.05) is 151 Å². The third-order valence-corrected chi connectivity index (χ3v) is 8.99. The first-order valence-corrected chi connectivity index (χ1v) is 14.6. The second kappa shape index (κ2) is 16.2. The van der Waals surface area contributed by atoms with Crippen LogP contribution in [-0.2, 0) is 4.43 Å². The van der Waals surface area contributed by atoms with Gasteiger partial charge in [-0.25, -0.2) is 0 Å². The van der Waals surface area contributed by atoms with Crippen molar-refractivity contribution in [1.29, 1.82) is 0 Å². The van der Waals surface area contributed by atoms with Crippen LogP contribution in [-0.4, -0.2) is 20.0 Å². The molecule has 2 aromatic rings. The molecule has 0 unspecified atom stereocenters. The van der Waals surface area contributed by atoms with Crippen molar-refractivity contribution in [3.8, 4) is 0 Å². The molecule has 0 aromatic heterocycles. The zero-order chi connectivity index (χ0) is 22.0. The molecule has 0 spiro atoms. The summed E-state index contributed by atoms with van der Waals surface area (Å²) < 4.78 is 6.20. The molecular formula is C28H44O2Si. The highest BCUT2D eigenvalue weighted by atomic mass is 28.4. The van der Waals surface area contributed by atoms with Gasteiger partial charge in [0.2, 0.25) is 0 Å². The minimum Gasteiger partial charge on any atom is -0.404 e. The Morgan fingerprint density at radius 1 is 0.548 bits per heavy atom. The second-order valence-electron chi connectivity index (χ2n) is 8.82. The molecule has 1 N–H and O–H groups in total. The number of hydrogen-bond acceptors (Lipinski definition) is 2. The highest BCUT2D eigenvalue weighted by molar-refractivity contribution is 6.91. The summed E-state index contributed by atoms with van der Waals surface area (Å²) in [6, 6.07) is 19.8. The molecule has 0 aliphatic rings. The Balaban J connectivity index is 1.56. The van der Waals surface area contributed by atoms with Gasteiger partial charge in [0, 0.05) is 6.61 Å². The smallest absolute Gasteiger partial charge is 0.404 e. The van der Waals surface area contributed by atoms with Crippen molar-refractivity contribution in [3.63, 3.8) is 0 Å². The maximum atomic E-state index is 11.5. The van der Waals surface area contributed by atoms with E-state index >= 15 is 0 Å². The van der Waals surface area contributed by atoms with Gasteiger partial charge in [-0.3, -0.25) is 0 Å². The Kier molecular flexibility index (Phi) is 13.5. The maximum absolute atomic E-state index is 11.5. The van der Waals surface area contributed by atoms with Crippen molar-refractivity contribution >= 4 is 18.9 Å². The Morgan fingerprint density at radius 3 is 1.29 bits per heavy atom. The molecule has 0 atom stereocenters. The van der Waals surface area contributed by atoms with E-state index in [4.69, 9.17) is 4.43 Å². The zero-order valence-corrected chi connectivity index (χ0v) is 20.7. The summed E-state index contributed by atoms with van der Waals surface area (Å²) in [7, 11) is -3.11. The lowest BCUT2D eigenvalue weighted by Crippen LogP contribution is -2.61. The molecule has 0 aliphatic heterocycles. The van der Waals surface area contributed by atoms with Gasteiger partial charge in [0.1, 0.15) is 0 Å². The predicted molar refractivity (Wildman–Crippen MR) is 136 cm³/mol. The topological polar surface area (TPSA) is 29.5 Å². The number of unbranched alkanes of at least 4 members (excludes halogenated alkanes) is 13. The highest BCUT2D eigenvalue weighted by Crippen LogP contribution is 2.13. The summed E-state index contributed by atoms with van der Waals surface area (Å²) in [5.41, 5.74) is 0. The van der Waals surface area contributed by atoms with E-state index in [2.05, 4.69) is 6.92 Å². The van der Waals surface area contributed by atoms with Gasteiger partial charge in [0.25, 0.3) is 0 Å². The van der Waals surface area contributed by atoms with E-state index in [9.17, 15) is 4.80 Å². The average Bonchev–Trinajstić information content (AvgIpc) is 2.82. The van der Waals surface area contributed by atoms with Gasteiger partial charge < -0.3 is 9.22 Å². The van der Waals surface area contributed by atoms with E-state index in [0.717, 1.165) is 16.8 Å². The van der Waals surface area contributed by atoms with Crippen LogP contribution in [0, 0.1) is 0 Å². The highest BCUT2D eigenvalue weighted by Gasteiger charge is 2.38. The largest absolute Gasteiger partial charge is 0.404 e. The van der Waals surface area contributed by atoms with Crippen molar-refractivity contribution in [2.75, 3.05) is 6.61 Å². The summed E-state index contributed by atoms with van der Waals surface area (Å²) >= 11 is 0. The predicted octanol–water partition coefficient (Wildman–Crippen LogP) is 6.73. The van der Waals surface area contributed by atoms with E-state index in [0.29, 0.717) is 6.61 Å². The number of hydrogen-bond donors (Lipinski definition) is 1. The Hall–Kier alpha value is -1.42. The molecule has 0 bridgehead atoms. The Labute approximate surface area is 192 Å². The fourth-order valence-electron chi connectivity index (χ4n) is 4.18. The fourth-order valence-corrected chi connectivity index (χ4v) is 6.57. The summed E-state index contributed by atoms with van der Waals surface area (Å²) in [6.07, 6.45) is 18.9. The summed E-state index contributed by atoms with van der Waals surface area (Å²) in [5.74, 6) is 0. The zero-order valence-electron chi connectivity index (χ0n) is 19.7. The molecule has 3 heteroatoms. The molecule has 2 aromatic carbocycles. The van der Waals surface area contributed by atoms with Crippen LogP contribution in [0.2, 0.25) is 0 Å². The van der Waals surface area contributed by atoms with Gasteiger partial charge in [0.15, 0.2) is 0 Å². The van der Waals surface area contributed by atoms with Gasteiger partial charge in [0.05, 0.1) is 0 Å². The Bertz CT molecular complexity index is 620. The van der Waals surface area contributed by atoms with Crippen LogP contribution in [0.15, 0.2) is 60.7 Å². The van der Waals surface area contributed by atoms with Crippen LogP contribution in [0.25, 0.3) is 0 Å². The van der Waals surface area contributed by atoms with Crippen molar-refractivity contribution in [2.45, 2.75) is 96.8 Å². The number of rotatable bonds is 18. The van der Waals surface area contributed by atoms with Crippen LogP contribution in [0.5, 0.6) is 0 Å². The van der Waals surface area contributed by atoms with Crippen LogP contribution >= 0.6 is 0 Å².